The van der Waals surface area contributed by atoms with Crippen molar-refractivity contribution in [3.63, 3.8) is 0 Å². The molecule has 0 atom stereocenters. The number of aryl methyl sites for hydroxylation is 2. The zero-order valence-corrected chi connectivity index (χ0v) is 9.77. The Morgan fingerprint density at radius 1 is 1.38 bits per heavy atom. The van der Waals surface area contributed by atoms with Crippen molar-refractivity contribution in [3.8, 4) is 11.3 Å². The molecule has 2 rings (SSSR count). The summed E-state index contributed by atoms with van der Waals surface area (Å²) in [6.45, 7) is 5.12. The molecule has 1 aromatic heterocycles. The lowest BCUT2D eigenvalue weighted by atomic mass is 10.1. The maximum Gasteiger partial charge on any atom is 0.131 e. The minimum absolute atomic E-state index is 0.757. The molecule has 0 aliphatic rings. The highest BCUT2D eigenvalue weighted by molar-refractivity contribution is 5.70. The van der Waals surface area contributed by atoms with Crippen molar-refractivity contribution in [1.29, 1.82) is 0 Å². The standard InChI is InChI=1S/C13H17N3/c1-3-7-16-9-15-12(13(16)14)11-6-4-5-10(2)8-11/h4-6,8-9H,3,7,14H2,1-2H3. The minimum Gasteiger partial charge on any atom is -0.383 e. The minimum atomic E-state index is 0.757. The molecule has 0 bridgehead atoms. The average molecular weight is 215 g/mol. The van der Waals surface area contributed by atoms with Gasteiger partial charge in [-0.3, -0.25) is 0 Å². The number of imidazole rings is 1. The van der Waals surface area contributed by atoms with E-state index in [0.717, 1.165) is 30.0 Å². The third-order valence-electron chi connectivity index (χ3n) is 2.63. The van der Waals surface area contributed by atoms with E-state index in [1.807, 2.05) is 23.0 Å². The number of aromatic nitrogens is 2. The number of rotatable bonds is 3. The number of benzene rings is 1. The first-order valence-corrected chi connectivity index (χ1v) is 5.60. The van der Waals surface area contributed by atoms with Crippen LogP contribution in [0, 0.1) is 6.92 Å². The first kappa shape index (κ1) is 10.7. The fourth-order valence-corrected chi connectivity index (χ4v) is 1.83. The predicted octanol–water partition coefficient (Wildman–Crippen LogP) is 2.85. The number of hydrogen-bond donors (Lipinski definition) is 1. The molecular formula is C13H17N3. The lowest BCUT2D eigenvalue weighted by Crippen LogP contribution is -2.01. The molecule has 16 heavy (non-hydrogen) atoms. The summed E-state index contributed by atoms with van der Waals surface area (Å²) in [6, 6.07) is 8.25. The summed E-state index contributed by atoms with van der Waals surface area (Å²) in [7, 11) is 0. The second-order valence-corrected chi connectivity index (χ2v) is 4.04. The number of nitrogen functional groups attached to an aromatic ring is 1. The number of nitrogens with zero attached hydrogens (tertiary/aromatic N) is 2. The van der Waals surface area contributed by atoms with Crippen molar-refractivity contribution in [2.24, 2.45) is 0 Å². The van der Waals surface area contributed by atoms with Gasteiger partial charge in [0.25, 0.3) is 0 Å². The fraction of sp³-hybridized carbons (Fsp3) is 0.308. The molecule has 2 aromatic rings. The van der Waals surface area contributed by atoms with Crippen molar-refractivity contribution >= 4 is 5.82 Å². The summed E-state index contributed by atoms with van der Waals surface area (Å²) in [6.07, 6.45) is 2.88. The molecule has 0 amide bonds. The molecule has 0 aliphatic heterocycles. The van der Waals surface area contributed by atoms with Crippen LogP contribution < -0.4 is 5.73 Å². The zero-order valence-electron chi connectivity index (χ0n) is 9.77. The normalized spacial score (nSPS) is 10.6. The Morgan fingerprint density at radius 3 is 2.88 bits per heavy atom. The van der Waals surface area contributed by atoms with Gasteiger partial charge in [-0.2, -0.15) is 0 Å². The van der Waals surface area contributed by atoms with E-state index in [1.165, 1.54) is 5.56 Å². The Labute approximate surface area is 95.9 Å². The van der Waals surface area contributed by atoms with Crippen molar-refractivity contribution in [3.05, 3.63) is 36.2 Å². The van der Waals surface area contributed by atoms with Gasteiger partial charge in [0.05, 0.1) is 6.33 Å². The lowest BCUT2D eigenvalue weighted by Gasteiger charge is -2.04. The van der Waals surface area contributed by atoms with Crippen LogP contribution >= 0.6 is 0 Å². The largest absolute Gasteiger partial charge is 0.383 e. The van der Waals surface area contributed by atoms with Crippen LogP contribution in [0.3, 0.4) is 0 Å². The van der Waals surface area contributed by atoms with Crippen molar-refractivity contribution in [2.75, 3.05) is 5.73 Å². The first-order chi connectivity index (χ1) is 7.72. The second kappa shape index (κ2) is 4.39. The van der Waals surface area contributed by atoms with Crippen LogP contribution in [0.1, 0.15) is 18.9 Å². The van der Waals surface area contributed by atoms with Gasteiger partial charge in [0.15, 0.2) is 0 Å². The van der Waals surface area contributed by atoms with Gasteiger partial charge in [-0.25, -0.2) is 4.98 Å². The van der Waals surface area contributed by atoms with Gasteiger partial charge in [-0.15, -0.1) is 0 Å². The van der Waals surface area contributed by atoms with Crippen molar-refractivity contribution in [1.82, 2.24) is 9.55 Å². The molecule has 3 heteroatoms. The Bertz CT molecular complexity index is 486. The smallest absolute Gasteiger partial charge is 0.131 e. The van der Waals surface area contributed by atoms with E-state index >= 15 is 0 Å². The topological polar surface area (TPSA) is 43.8 Å². The highest BCUT2D eigenvalue weighted by Crippen LogP contribution is 2.24. The van der Waals surface area contributed by atoms with Crippen LogP contribution in [0.4, 0.5) is 5.82 Å². The zero-order chi connectivity index (χ0) is 11.5. The SMILES string of the molecule is CCCn1cnc(-c2cccc(C)c2)c1N. The van der Waals surface area contributed by atoms with Gasteiger partial charge < -0.3 is 10.3 Å². The van der Waals surface area contributed by atoms with E-state index in [-0.39, 0.29) is 0 Å². The summed E-state index contributed by atoms with van der Waals surface area (Å²) in [5.41, 5.74) is 9.27. The number of hydrogen-bond acceptors (Lipinski definition) is 2. The van der Waals surface area contributed by atoms with Gasteiger partial charge in [-0.1, -0.05) is 30.7 Å². The molecule has 1 aromatic carbocycles. The first-order valence-electron chi connectivity index (χ1n) is 5.60. The van der Waals surface area contributed by atoms with E-state index in [9.17, 15) is 0 Å². The quantitative estimate of drug-likeness (QED) is 0.855. The fourth-order valence-electron chi connectivity index (χ4n) is 1.83. The second-order valence-electron chi connectivity index (χ2n) is 4.04. The van der Waals surface area contributed by atoms with Gasteiger partial charge in [0.2, 0.25) is 0 Å². The maximum atomic E-state index is 6.07. The monoisotopic (exact) mass is 215 g/mol. The third-order valence-corrected chi connectivity index (χ3v) is 2.63. The Morgan fingerprint density at radius 2 is 2.19 bits per heavy atom. The Kier molecular flexibility index (Phi) is 2.95. The van der Waals surface area contributed by atoms with Gasteiger partial charge in [0, 0.05) is 12.1 Å². The summed E-state index contributed by atoms with van der Waals surface area (Å²) >= 11 is 0. The highest BCUT2D eigenvalue weighted by Gasteiger charge is 2.08. The van der Waals surface area contributed by atoms with Crippen LogP contribution in [-0.2, 0) is 6.54 Å². The van der Waals surface area contributed by atoms with Crippen LogP contribution in [0.2, 0.25) is 0 Å². The van der Waals surface area contributed by atoms with Gasteiger partial charge in [0.1, 0.15) is 11.5 Å². The molecule has 84 valence electrons. The van der Waals surface area contributed by atoms with Crippen LogP contribution in [0.25, 0.3) is 11.3 Å². The molecule has 0 radical (unpaired) electrons. The average Bonchev–Trinajstić information content (AvgIpc) is 2.61. The number of anilines is 1. The van der Waals surface area contributed by atoms with Gasteiger partial charge >= 0.3 is 0 Å². The highest BCUT2D eigenvalue weighted by atomic mass is 15.1. The van der Waals surface area contributed by atoms with E-state index in [2.05, 4.69) is 31.0 Å². The van der Waals surface area contributed by atoms with Crippen LogP contribution in [0.5, 0.6) is 0 Å². The summed E-state index contributed by atoms with van der Waals surface area (Å²) in [5, 5.41) is 0. The molecule has 2 N–H and O–H groups in total. The maximum absolute atomic E-state index is 6.07. The third kappa shape index (κ3) is 1.94. The molecule has 0 fully saturated rings. The van der Waals surface area contributed by atoms with Crippen LogP contribution in [-0.4, -0.2) is 9.55 Å². The van der Waals surface area contributed by atoms with E-state index in [1.54, 1.807) is 0 Å². The molecule has 0 aliphatic carbocycles. The molecule has 0 saturated carbocycles. The van der Waals surface area contributed by atoms with Crippen molar-refractivity contribution < 1.29 is 0 Å². The molecular weight excluding hydrogens is 198 g/mol. The lowest BCUT2D eigenvalue weighted by molar-refractivity contribution is 0.686. The molecule has 3 nitrogen and oxygen atoms in total. The van der Waals surface area contributed by atoms with E-state index in [0.29, 0.717) is 0 Å². The van der Waals surface area contributed by atoms with E-state index < -0.39 is 0 Å². The Hall–Kier alpha value is -1.77. The molecule has 0 spiro atoms. The van der Waals surface area contributed by atoms with Crippen LogP contribution in [0.15, 0.2) is 30.6 Å². The molecule has 1 heterocycles. The molecule has 0 unspecified atom stereocenters. The van der Waals surface area contributed by atoms with Gasteiger partial charge in [-0.05, 0) is 19.4 Å². The summed E-state index contributed by atoms with van der Waals surface area (Å²) in [5.74, 6) is 0.757. The number of nitrogens with two attached hydrogens (primary N) is 1. The van der Waals surface area contributed by atoms with Crippen molar-refractivity contribution in [2.45, 2.75) is 26.8 Å². The summed E-state index contributed by atoms with van der Waals surface area (Å²) < 4.78 is 2.00. The summed E-state index contributed by atoms with van der Waals surface area (Å²) in [4.78, 5) is 4.38. The van der Waals surface area contributed by atoms with E-state index in [4.69, 9.17) is 5.73 Å². The molecule has 0 saturated heterocycles. The Balaban J connectivity index is 2.41. The predicted molar refractivity (Wildman–Crippen MR) is 67.1 cm³/mol.